The molecule has 9 rings (SSSR count). The summed E-state index contributed by atoms with van der Waals surface area (Å²) in [4.78, 5) is 46.3. The number of Topliss-reactive ketones (excluding diaryl/α,β-unsaturated/α-hetero) is 1. The van der Waals surface area contributed by atoms with E-state index in [1.165, 1.54) is 11.1 Å². The Morgan fingerprint density at radius 1 is 0.700 bits per heavy atom. The lowest BCUT2D eigenvalue weighted by atomic mass is 9.98. The lowest BCUT2D eigenvalue weighted by Gasteiger charge is -2.23. The van der Waals surface area contributed by atoms with Crippen LogP contribution in [0.2, 0.25) is 0 Å². The number of hydrogen-bond donors (Lipinski definition) is 0. The number of ether oxygens (including phenoxy) is 3. The predicted molar refractivity (Wildman–Crippen MR) is 235 cm³/mol. The van der Waals surface area contributed by atoms with Crippen molar-refractivity contribution in [3.63, 3.8) is 0 Å². The molecule has 0 N–H and O–H groups in total. The maximum atomic E-state index is 14.1. The van der Waals surface area contributed by atoms with Crippen molar-refractivity contribution in [2.45, 2.75) is 96.9 Å². The van der Waals surface area contributed by atoms with Crippen LogP contribution in [0.1, 0.15) is 98.7 Å². The predicted octanol–water partition coefficient (Wildman–Crippen LogP) is 9.39. The summed E-state index contributed by atoms with van der Waals surface area (Å²) in [6.07, 6.45) is 6.96. The molecule has 4 heterocycles. The molecular formula is C51H53N3O6. The second-order valence-corrected chi connectivity index (χ2v) is 16.8. The first-order valence-electron chi connectivity index (χ1n) is 21.5. The van der Waals surface area contributed by atoms with Crippen LogP contribution in [0.25, 0.3) is 0 Å². The summed E-state index contributed by atoms with van der Waals surface area (Å²) >= 11 is 0. The smallest absolute Gasteiger partial charge is 0.258 e. The molecule has 2 amide bonds. The highest BCUT2D eigenvalue weighted by Gasteiger charge is 2.39. The van der Waals surface area contributed by atoms with E-state index < -0.39 is 0 Å². The molecule has 2 atom stereocenters. The largest absolute Gasteiger partial charge is 0.493 e. The van der Waals surface area contributed by atoms with E-state index in [9.17, 15) is 14.4 Å². The maximum absolute atomic E-state index is 14.1. The fourth-order valence-corrected chi connectivity index (χ4v) is 9.68. The first kappa shape index (κ1) is 39.4. The number of anilines is 3. The summed E-state index contributed by atoms with van der Waals surface area (Å²) in [6.45, 7) is 5.24. The summed E-state index contributed by atoms with van der Waals surface area (Å²) in [5.74, 6) is 2.23. The number of methoxy groups -OCH3 is 1. The van der Waals surface area contributed by atoms with Gasteiger partial charge < -0.3 is 28.9 Å². The SMILES string of the molecule is CCC(=O)CCCN(C)c1cc(COc2cc3c(cc2C)C(=O)N2c4ccccc4C[C@H]2CC3)cc(COc2cc3c(cc2OC)C(=O)N2c4ccccc4C[C@H]2CC3)c1. The average molecular weight is 804 g/mol. The van der Waals surface area contributed by atoms with Crippen molar-refractivity contribution < 1.29 is 28.6 Å². The average Bonchev–Trinajstić information content (AvgIpc) is 3.76. The summed E-state index contributed by atoms with van der Waals surface area (Å²) in [5, 5.41) is 0. The summed E-state index contributed by atoms with van der Waals surface area (Å²) < 4.78 is 19.0. The van der Waals surface area contributed by atoms with Crippen molar-refractivity contribution in [3.8, 4) is 17.2 Å². The van der Waals surface area contributed by atoms with E-state index in [0.29, 0.717) is 36.5 Å². The van der Waals surface area contributed by atoms with E-state index in [1.54, 1.807) is 7.11 Å². The quantitative estimate of drug-likeness (QED) is 0.117. The van der Waals surface area contributed by atoms with Gasteiger partial charge in [-0.15, -0.1) is 0 Å². The van der Waals surface area contributed by atoms with E-state index in [0.717, 1.165) is 108 Å². The van der Waals surface area contributed by atoms with Gasteiger partial charge in [0.25, 0.3) is 11.8 Å². The van der Waals surface area contributed by atoms with Crippen molar-refractivity contribution in [2.75, 3.05) is 35.4 Å². The van der Waals surface area contributed by atoms with Crippen LogP contribution in [-0.4, -0.2) is 50.4 Å². The van der Waals surface area contributed by atoms with Gasteiger partial charge in [0.15, 0.2) is 11.5 Å². The van der Waals surface area contributed by atoms with Crippen LogP contribution in [0.3, 0.4) is 0 Å². The summed E-state index contributed by atoms with van der Waals surface area (Å²) in [7, 11) is 3.66. The van der Waals surface area contributed by atoms with Gasteiger partial charge in [0.05, 0.1) is 7.11 Å². The monoisotopic (exact) mass is 803 g/mol. The highest BCUT2D eigenvalue weighted by atomic mass is 16.5. The van der Waals surface area contributed by atoms with Crippen LogP contribution in [0.5, 0.6) is 17.2 Å². The molecule has 0 saturated carbocycles. The minimum atomic E-state index is 0.00532. The van der Waals surface area contributed by atoms with Crippen molar-refractivity contribution in [3.05, 3.63) is 141 Å². The van der Waals surface area contributed by atoms with Crippen LogP contribution < -0.4 is 28.9 Å². The van der Waals surface area contributed by atoms with Crippen molar-refractivity contribution >= 4 is 34.7 Å². The maximum Gasteiger partial charge on any atom is 0.258 e. The number of benzene rings is 5. The molecule has 0 aromatic heterocycles. The third-order valence-electron chi connectivity index (χ3n) is 12.9. The number of aryl methyl sites for hydroxylation is 3. The number of amides is 2. The third kappa shape index (κ3) is 7.50. The molecule has 4 aliphatic rings. The molecule has 5 aromatic carbocycles. The topological polar surface area (TPSA) is 88.6 Å². The standard InChI is InChI=1S/C51H53N3O6/c1-5-42(55)13-10-20-52(3)41-23-33(30-59-47-27-35-16-18-39-25-37-11-6-8-14-45(37)53(39)50(56)43(35)21-32(47)2)22-34(24-41)31-60-49-28-36-17-19-40-26-38-12-7-9-15-46(38)54(40)51(57)44(36)29-48(49)58-4/h6-9,11-12,14-15,21-24,27-29,39-40H,5,10,13,16-20,25-26,30-31H2,1-4H3/t39-,40-/m1/s1. The zero-order valence-corrected chi connectivity index (χ0v) is 35.1. The van der Waals surface area contributed by atoms with Crippen LogP contribution in [0.15, 0.2) is 91.0 Å². The fraction of sp³-hybridized carbons (Fsp3) is 0.353. The highest BCUT2D eigenvalue weighted by molar-refractivity contribution is 6.10. The van der Waals surface area contributed by atoms with Crippen LogP contribution in [-0.2, 0) is 43.7 Å². The molecule has 4 aliphatic heterocycles. The number of carbonyl (C=O) groups excluding carboxylic acids is 3. The molecule has 9 heteroatoms. The molecule has 308 valence electrons. The number of hydrogen-bond acceptors (Lipinski definition) is 7. The second kappa shape index (κ2) is 16.5. The number of fused-ring (bicyclic) bond motifs is 8. The highest BCUT2D eigenvalue weighted by Crippen LogP contribution is 2.42. The Hall–Kier alpha value is -6.09. The first-order valence-corrected chi connectivity index (χ1v) is 21.5. The Kier molecular flexibility index (Phi) is 10.8. The van der Waals surface area contributed by atoms with Crippen LogP contribution >= 0.6 is 0 Å². The normalized spacial score (nSPS) is 17.4. The molecule has 0 bridgehead atoms. The minimum Gasteiger partial charge on any atom is -0.493 e. The number of para-hydroxylation sites is 2. The number of nitrogens with zero attached hydrogens (tertiary/aromatic N) is 3. The van der Waals surface area contributed by atoms with Crippen molar-refractivity contribution in [2.24, 2.45) is 0 Å². The van der Waals surface area contributed by atoms with Gasteiger partial charge in [-0.3, -0.25) is 14.4 Å². The van der Waals surface area contributed by atoms with Gasteiger partial charge in [0.2, 0.25) is 0 Å². The van der Waals surface area contributed by atoms with Crippen LogP contribution in [0.4, 0.5) is 17.1 Å². The molecule has 60 heavy (non-hydrogen) atoms. The number of carbonyl (C=O) groups is 3. The molecular weight excluding hydrogens is 751 g/mol. The Bertz CT molecular complexity index is 2490. The van der Waals surface area contributed by atoms with Crippen molar-refractivity contribution in [1.29, 1.82) is 0 Å². The van der Waals surface area contributed by atoms with Crippen LogP contribution in [0, 0.1) is 6.92 Å². The van der Waals surface area contributed by atoms with E-state index in [-0.39, 0.29) is 36.3 Å². The van der Waals surface area contributed by atoms with Gasteiger partial charge in [0.1, 0.15) is 24.7 Å². The molecule has 0 saturated heterocycles. The zero-order valence-electron chi connectivity index (χ0n) is 35.1. The van der Waals surface area contributed by atoms with E-state index in [2.05, 4.69) is 60.5 Å². The van der Waals surface area contributed by atoms with Gasteiger partial charge in [-0.1, -0.05) is 43.3 Å². The lowest BCUT2D eigenvalue weighted by molar-refractivity contribution is -0.118. The van der Waals surface area contributed by atoms with Gasteiger partial charge in [-0.25, -0.2) is 0 Å². The zero-order chi connectivity index (χ0) is 41.5. The van der Waals surface area contributed by atoms with Gasteiger partial charge in [0, 0.05) is 66.7 Å². The Morgan fingerprint density at radius 2 is 1.25 bits per heavy atom. The molecule has 9 nitrogen and oxygen atoms in total. The molecule has 0 aliphatic carbocycles. The number of ketones is 1. The first-order chi connectivity index (χ1) is 29.2. The Balaban J connectivity index is 0.954. The second-order valence-electron chi connectivity index (χ2n) is 16.8. The fourth-order valence-electron chi connectivity index (χ4n) is 9.68. The van der Waals surface area contributed by atoms with Gasteiger partial charge >= 0.3 is 0 Å². The van der Waals surface area contributed by atoms with E-state index in [1.807, 2.05) is 66.1 Å². The summed E-state index contributed by atoms with van der Waals surface area (Å²) in [6, 6.07) is 31.0. The van der Waals surface area contributed by atoms with Crippen molar-refractivity contribution in [1.82, 2.24) is 0 Å². The van der Waals surface area contributed by atoms with E-state index >= 15 is 0 Å². The third-order valence-corrected chi connectivity index (χ3v) is 12.9. The molecule has 0 radical (unpaired) electrons. The Labute approximate surface area is 352 Å². The lowest BCUT2D eigenvalue weighted by Crippen LogP contribution is -2.36. The Morgan fingerprint density at radius 3 is 1.83 bits per heavy atom. The molecule has 0 fully saturated rings. The minimum absolute atomic E-state index is 0.00532. The van der Waals surface area contributed by atoms with Gasteiger partial charge in [-0.05, 0) is 145 Å². The molecule has 0 unspecified atom stereocenters. The number of rotatable bonds is 13. The van der Waals surface area contributed by atoms with E-state index in [4.69, 9.17) is 14.2 Å². The molecule has 5 aromatic rings. The van der Waals surface area contributed by atoms with Gasteiger partial charge in [-0.2, -0.15) is 0 Å². The molecule has 0 spiro atoms. The summed E-state index contributed by atoms with van der Waals surface area (Å²) in [5.41, 5.74) is 11.8.